The standard InChI is InChI=1S/C16H23ClN2/c17-15-5-3-4-13(8-15)11-19(12-14-9-18-10-14)16-6-1-2-7-16/h3-5,8,14,16,18H,1-2,6-7,9-12H2. The van der Waals surface area contributed by atoms with Crippen molar-refractivity contribution in [3.63, 3.8) is 0 Å². The summed E-state index contributed by atoms with van der Waals surface area (Å²) >= 11 is 6.10. The number of rotatable bonds is 5. The highest BCUT2D eigenvalue weighted by molar-refractivity contribution is 6.30. The van der Waals surface area contributed by atoms with Gasteiger partial charge in [0.2, 0.25) is 0 Å². The Balaban J connectivity index is 1.66. The summed E-state index contributed by atoms with van der Waals surface area (Å²) in [4.78, 5) is 2.70. The summed E-state index contributed by atoms with van der Waals surface area (Å²) in [6.45, 7) is 4.68. The molecule has 19 heavy (non-hydrogen) atoms. The quantitative estimate of drug-likeness (QED) is 0.889. The lowest BCUT2D eigenvalue weighted by atomic mass is 10.0. The van der Waals surface area contributed by atoms with Gasteiger partial charge in [-0.2, -0.15) is 0 Å². The number of hydrogen-bond acceptors (Lipinski definition) is 2. The summed E-state index contributed by atoms with van der Waals surface area (Å²) in [6, 6.07) is 9.13. The summed E-state index contributed by atoms with van der Waals surface area (Å²) in [5.74, 6) is 0.847. The van der Waals surface area contributed by atoms with Gasteiger partial charge in [0.15, 0.2) is 0 Å². The highest BCUT2D eigenvalue weighted by Crippen LogP contribution is 2.26. The van der Waals surface area contributed by atoms with Crippen molar-refractivity contribution in [3.05, 3.63) is 34.9 Å². The average molecular weight is 279 g/mol. The van der Waals surface area contributed by atoms with Gasteiger partial charge in [-0.3, -0.25) is 4.90 Å². The zero-order valence-corrected chi connectivity index (χ0v) is 12.2. The van der Waals surface area contributed by atoms with E-state index in [1.165, 1.54) is 50.9 Å². The summed E-state index contributed by atoms with van der Waals surface area (Å²) in [7, 11) is 0. The lowest BCUT2D eigenvalue weighted by Crippen LogP contribution is -2.49. The van der Waals surface area contributed by atoms with E-state index in [0.717, 1.165) is 23.5 Å². The molecular formula is C16H23ClN2. The Kier molecular flexibility index (Phi) is 4.42. The van der Waals surface area contributed by atoms with Gasteiger partial charge < -0.3 is 5.32 Å². The molecule has 0 atom stereocenters. The third-order valence-corrected chi connectivity index (χ3v) is 4.71. The summed E-state index contributed by atoms with van der Waals surface area (Å²) in [6.07, 6.45) is 5.56. The van der Waals surface area contributed by atoms with Gasteiger partial charge in [0.05, 0.1) is 0 Å². The Morgan fingerprint density at radius 3 is 2.63 bits per heavy atom. The lowest BCUT2D eigenvalue weighted by Gasteiger charge is -2.36. The van der Waals surface area contributed by atoms with Gasteiger partial charge >= 0.3 is 0 Å². The Morgan fingerprint density at radius 2 is 2.00 bits per heavy atom. The fraction of sp³-hybridized carbons (Fsp3) is 0.625. The van der Waals surface area contributed by atoms with Crippen molar-refractivity contribution >= 4 is 11.6 Å². The third-order valence-electron chi connectivity index (χ3n) is 4.47. The van der Waals surface area contributed by atoms with Crippen molar-refractivity contribution in [1.82, 2.24) is 10.2 Å². The van der Waals surface area contributed by atoms with Crippen molar-refractivity contribution in [2.24, 2.45) is 5.92 Å². The van der Waals surface area contributed by atoms with E-state index in [4.69, 9.17) is 11.6 Å². The minimum absolute atomic E-state index is 0.791. The normalized spacial score (nSPS) is 20.9. The van der Waals surface area contributed by atoms with Gasteiger partial charge in [-0.15, -0.1) is 0 Å². The van der Waals surface area contributed by atoms with Crippen LogP contribution in [0.2, 0.25) is 5.02 Å². The molecule has 1 saturated carbocycles. The summed E-state index contributed by atoms with van der Waals surface area (Å²) in [5.41, 5.74) is 1.35. The molecule has 104 valence electrons. The Labute approximate surface area is 121 Å². The average Bonchev–Trinajstić information content (AvgIpc) is 2.86. The van der Waals surface area contributed by atoms with Crippen LogP contribution in [-0.4, -0.2) is 30.6 Å². The van der Waals surface area contributed by atoms with Crippen molar-refractivity contribution in [1.29, 1.82) is 0 Å². The van der Waals surface area contributed by atoms with Gasteiger partial charge in [-0.1, -0.05) is 36.6 Å². The van der Waals surface area contributed by atoms with Crippen LogP contribution in [0.1, 0.15) is 31.2 Å². The number of hydrogen-bond donors (Lipinski definition) is 1. The number of nitrogens with one attached hydrogen (secondary N) is 1. The van der Waals surface area contributed by atoms with E-state index >= 15 is 0 Å². The highest BCUT2D eigenvalue weighted by Gasteiger charge is 2.27. The lowest BCUT2D eigenvalue weighted by molar-refractivity contribution is 0.137. The second-order valence-electron chi connectivity index (χ2n) is 6.02. The molecule has 1 aromatic rings. The van der Waals surface area contributed by atoms with Crippen LogP contribution in [0.25, 0.3) is 0 Å². The maximum atomic E-state index is 6.10. The maximum absolute atomic E-state index is 6.10. The van der Waals surface area contributed by atoms with E-state index in [1.807, 2.05) is 6.07 Å². The van der Waals surface area contributed by atoms with Gasteiger partial charge in [0.25, 0.3) is 0 Å². The highest BCUT2D eigenvalue weighted by atomic mass is 35.5. The first-order valence-corrected chi connectivity index (χ1v) is 7.88. The first kappa shape index (κ1) is 13.4. The Morgan fingerprint density at radius 1 is 1.21 bits per heavy atom. The van der Waals surface area contributed by atoms with Gasteiger partial charge in [-0.05, 0) is 36.5 Å². The van der Waals surface area contributed by atoms with E-state index < -0.39 is 0 Å². The second kappa shape index (κ2) is 6.25. The molecule has 0 spiro atoms. The van der Waals surface area contributed by atoms with Crippen LogP contribution in [0, 0.1) is 5.92 Å². The monoisotopic (exact) mass is 278 g/mol. The Hall–Kier alpha value is -0.570. The van der Waals surface area contributed by atoms with Crippen molar-refractivity contribution < 1.29 is 0 Å². The van der Waals surface area contributed by atoms with E-state index in [9.17, 15) is 0 Å². The van der Waals surface area contributed by atoms with Crippen molar-refractivity contribution in [2.75, 3.05) is 19.6 Å². The molecule has 0 unspecified atom stereocenters. The zero-order chi connectivity index (χ0) is 13.1. The van der Waals surface area contributed by atoms with Crippen LogP contribution in [0.5, 0.6) is 0 Å². The molecule has 1 aromatic carbocycles. The third kappa shape index (κ3) is 3.50. The predicted molar refractivity (Wildman–Crippen MR) is 80.5 cm³/mol. The van der Waals surface area contributed by atoms with E-state index in [1.54, 1.807) is 0 Å². The molecule has 0 amide bonds. The van der Waals surface area contributed by atoms with Crippen molar-refractivity contribution in [2.45, 2.75) is 38.3 Å². The fourth-order valence-corrected chi connectivity index (χ4v) is 3.50. The molecule has 2 aliphatic rings. The molecular weight excluding hydrogens is 256 g/mol. The number of nitrogens with zero attached hydrogens (tertiary/aromatic N) is 1. The first-order chi connectivity index (χ1) is 9.31. The zero-order valence-electron chi connectivity index (χ0n) is 11.4. The molecule has 1 heterocycles. The molecule has 0 aromatic heterocycles. The maximum Gasteiger partial charge on any atom is 0.0409 e. The van der Waals surface area contributed by atoms with Crippen LogP contribution in [-0.2, 0) is 6.54 Å². The molecule has 3 heteroatoms. The predicted octanol–water partition coefficient (Wildman–Crippen LogP) is 3.30. The smallest absolute Gasteiger partial charge is 0.0409 e. The summed E-state index contributed by atoms with van der Waals surface area (Å²) in [5, 5.41) is 4.24. The van der Waals surface area contributed by atoms with Crippen LogP contribution < -0.4 is 5.32 Å². The van der Waals surface area contributed by atoms with Crippen molar-refractivity contribution in [3.8, 4) is 0 Å². The molecule has 2 fully saturated rings. The first-order valence-electron chi connectivity index (χ1n) is 7.50. The number of halogens is 1. The molecule has 1 saturated heterocycles. The van der Waals surface area contributed by atoms with E-state index in [-0.39, 0.29) is 0 Å². The molecule has 1 aliphatic carbocycles. The molecule has 1 aliphatic heterocycles. The van der Waals surface area contributed by atoms with Gasteiger partial charge in [0, 0.05) is 37.2 Å². The van der Waals surface area contributed by atoms with Crippen LogP contribution in [0.4, 0.5) is 0 Å². The molecule has 3 rings (SSSR count). The molecule has 0 bridgehead atoms. The van der Waals surface area contributed by atoms with Gasteiger partial charge in [0.1, 0.15) is 0 Å². The van der Waals surface area contributed by atoms with Crippen LogP contribution >= 0.6 is 11.6 Å². The van der Waals surface area contributed by atoms with E-state index in [2.05, 4.69) is 28.4 Å². The molecule has 0 radical (unpaired) electrons. The van der Waals surface area contributed by atoms with Crippen LogP contribution in [0.15, 0.2) is 24.3 Å². The second-order valence-corrected chi connectivity index (χ2v) is 6.46. The molecule has 1 N–H and O–H groups in total. The minimum Gasteiger partial charge on any atom is -0.316 e. The SMILES string of the molecule is Clc1cccc(CN(CC2CNC2)C2CCCC2)c1. The van der Waals surface area contributed by atoms with Gasteiger partial charge in [-0.25, -0.2) is 0 Å². The Bertz CT molecular complexity index is 411. The van der Waals surface area contributed by atoms with E-state index in [0.29, 0.717) is 0 Å². The fourth-order valence-electron chi connectivity index (χ4n) is 3.29. The number of benzene rings is 1. The van der Waals surface area contributed by atoms with Crippen LogP contribution in [0.3, 0.4) is 0 Å². The summed E-state index contributed by atoms with van der Waals surface area (Å²) < 4.78 is 0. The topological polar surface area (TPSA) is 15.3 Å². The molecule has 2 nitrogen and oxygen atoms in total. The minimum atomic E-state index is 0.791. The largest absolute Gasteiger partial charge is 0.316 e.